The van der Waals surface area contributed by atoms with Crippen molar-refractivity contribution in [1.29, 1.82) is 0 Å². The van der Waals surface area contributed by atoms with Crippen LogP contribution in [0.4, 0.5) is 4.39 Å². The Balaban J connectivity index is 1.75. The first-order chi connectivity index (χ1) is 15.9. The Bertz CT molecular complexity index is 1200. The van der Waals surface area contributed by atoms with Crippen LogP contribution in [0, 0.1) is 12.7 Å². The van der Waals surface area contributed by atoms with Crippen LogP contribution >= 0.6 is 11.3 Å². The summed E-state index contributed by atoms with van der Waals surface area (Å²) >= 11 is 1.24. The lowest BCUT2D eigenvalue weighted by Crippen LogP contribution is -2.32. The van der Waals surface area contributed by atoms with Gasteiger partial charge in [-0.2, -0.15) is 0 Å². The molecule has 1 atom stereocenters. The zero-order valence-electron chi connectivity index (χ0n) is 18.5. The molecule has 1 aromatic heterocycles. The maximum atomic E-state index is 13.7. The zero-order chi connectivity index (χ0) is 23.5. The molecule has 0 radical (unpaired) electrons. The summed E-state index contributed by atoms with van der Waals surface area (Å²) in [5, 5.41) is 11.5. The van der Waals surface area contributed by atoms with Crippen LogP contribution in [0.2, 0.25) is 0 Å². The highest BCUT2D eigenvalue weighted by molar-refractivity contribution is 7.17. The lowest BCUT2D eigenvalue weighted by molar-refractivity contribution is -0.129. The standard InChI is InChI=1S/C26H25FN2O3S/c1-3-4-8-15-29-21(17-11-13-19(27)14-12-17)20(23(31)26(29)32)22(30)24-16(2)28-25(33-24)18-9-6-5-7-10-18/h5-7,9-14,21,31H,3-4,8,15H2,1-2H3. The predicted molar refractivity (Wildman–Crippen MR) is 127 cm³/mol. The molecule has 1 N–H and O–H groups in total. The van der Waals surface area contributed by atoms with Gasteiger partial charge < -0.3 is 10.0 Å². The third kappa shape index (κ3) is 4.46. The summed E-state index contributed by atoms with van der Waals surface area (Å²) in [6, 6.07) is 14.5. The molecule has 0 aliphatic carbocycles. The number of nitrogens with zero attached hydrogens (tertiary/aromatic N) is 2. The van der Waals surface area contributed by atoms with E-state index in [9.17, 15) is 19.1 Å². The molecule has 1 amide bonds. The number of rotatable bonds is 8. The summed E-state index contributed by atoms with van der Waals surface area (Å²) < 4.78 is 13.6. The fraction of sp³-hybridized carbons (Fsp3) is 0.269. The normalized spacial score (nSPS) is 16.0. The van der Waals surface area contributed by atoms with Gasteiger partial charge in [-0.1, -0.05) is 62.2 Å². The first kappa shape index (κ1) is 22.9. The van der Waals surface area contributed by atoms with E-state index in [0.717, 1.165) is 24.8 Å². The van der Waals surface area contributed by atoms with E-state index in [1.165, 1.54) is 28.4 Å². The van der Waals surface area contributed by atoms with E-state index in [-0.39, 0.29) is 5.57 Å². The van der Waals surface area contributed by atoms with Crippen molar-refractivity contribution in [3.63, 3.8) is 0 Å². The number of hydrogen-bond acceptors (Lipinski definition) is 5. The molecule has 0 saturated heterocycles. The number of Topliss-reactive ketones (excluding diaryl/α,β-unsaturated/α-hetero) is 1. The molecule has 1 unspecified atom stereocenters. The van der Waals surface area contributed by atoms with E-state index < -0.39 is 29.3 Å². The molecule has 7 heteroatoms. The summed E-state index contributed by atoms with van der Waals surface area (Å²) in [5.41, 5.74) is 2.04. The Morgan fingerprint density at radius 3 is 2.48 bits per heavy atom. The maximum absolute atomic E-state index is 13.7. The number of hydrogen-bond donors (Lipinski definition) is 1. The van der Waals surface area contributed by atoms with Gasteiger partial charge in [0, 0.05) is 12.1 Å². The van der Waals surface area contributed by atoms with Gasteiger partial charge in [-0.15, -0.1) is 11.3 Å². The topological polar surface area (TPSA) is 70.5 Å². The molecule has 0 fully saturated rings. The number of carbonyl (C=O) groups excluding carboxylic acids is 2. The lowest BCUT2D eigenvalue weighted by atomic mass is 9.95. The number of aromatic nitrogens is 1. The molecule has 170 valence electrons. The number of thiazole rings is 1. The number of unbranched alkanes of at least 4 members (excludes halogenated alkanes) is 2. The van der Waals surface area contributed by atoms with Crippen molar-refractivity contribution in [3.05, 3.63) is 87.9 Å². The zero-order valence-corrected chi connectivity index (χ0v) is 19.4. The van der Waals surface area contributed by atoms with Crippen molar-refractivity contribution < 1.29 is 19.1 Å². The fourth-order valence-corrected chi connectivity index (χ4v) is 5.10. The minimum absolute atomic E-state index is 0.0227. The Morgan fingerprint density at radius 2 is 1.82 bits per heavy atom. The van der Waals surface area contributed by atoms with Crippen LogP contribution in [-0.4, -0.2) is 33.2 Å². The molecule has 5 nitrogen and oxygen atoms in total. The van der Waals surface area contributed by atoms with E-state index in [4.69, 9.17) is 0 Å². The summed E-state index contributed by atoms with van der Waals surface area (Å²) in [4.78, 5) is 33.1. The van der Waals surface area contributed by atoms with Gasteiger partial charge in [-0.05, 0) is 31.0 Å². The number of ketones is 1. The van der Waals surface area contributed by atoms with Crippen molar-refractivity contribution in [2.75, 3.05) is 6.54 Å². The van der Waals surface area contributed by atoms with Crippen LogP contribution in [0.5, 0.6) is 0 Å². The van der Waals surface area contributed by atoms with Crippen LogP contribution in [0.3, 0.4) is 0 Å². The van der Waals surface area contributed by atoms with Crippen LogP contribution in [0.15, 0.2) is 65.9 Å². The number of halogens is 1. The highest BCUT2D eigenvalue weighted by atomic mass is 32.1. The summed E-state index contributed by atoms with van der Waals surface area (Å²) in [6.45, 7) is 4.20. The molecule has 2 aromatic carbocycles. The number of aliphatic hydroxyl groups excluding tert-OH is 1. The average Bonchev–Trinajstić information content (AvgIpc) is 3.33. The van der Waals surface area contributed by atoms with E-state index in [1.54, 1.807) is 19.1 Å². The van der Waals surface area contributed by atoms with Crippen molar-refractivity contribution >= 4 is 23.0 Å². The number of aryl methyl sites for hydroxylation is 1. The highest BCUT2D eigenvalue weighted by Gasteiger charge is 2.44. The number of benzene rings is 2. The largest absolute Gasteiger partial charge is 0.503 e. The van der Waals surface area contributed by atoms with Crippen LogP contribution in [0.25, 0.3) is 10.6 Å². The third-order valence-electron chi connectivity index (χ3n) is 5.76. The van der Waals surface area contributed by atoms with Gasteiger partial charge in [0.1, 0.15) is 10.8 Å². The first-order valence-corrected chi connectivity index (χ1v) is 11.8. The Morgan fingerprint density at radius 1 is 1.12 bits per heavy atom. The van der Waals surface area contributed by atoms with E-state index in [0.29, 0.717) is 27.7 Å². The molecule has 4 rings (SSSR count). The van der Waals surface area contributed by atoms with E-state index in [1.807, 2.05) is 30.3 Å². The van der Waals surface area contributed by atoms with E-state index >= 15 is 0 Å². The lowest BCUT2D eigenvalue weighted by Gasteiger charge is -2.26. The molecule has 33 heavy (non-hydrogen) atoms. The summed E-state index contributed by atoms with van der Waals surface area (Å²) in [6.07, 6.45) is 2.63. The fourth-order valence-electron chi connectivity index (χ4n) is 4.07. The monoisotopic (exact) mass is 464 g/mol. The van der Waals surface area contributed by atoms with Gasteiger partial charge in [0.2, 0.25) is 5.78 Å². The second-order valence-corrected chi connectivity index (χ2v) is 9.05. The Kier molecular flexibility index (Phi) is 6.70. The summed E-state index contributed by atoms with van der Waals surface area (Å²) in [7, 11) is 0. The smallest absolute Gasteiger partial charge is 0.290 e. The number of aliphatic hydroxyl groups is 1. The molecular weight excluding hydrogens is 439 g/mol. The van der Waals surface area contributed by atoms with Gasteiger partial charge in [0.05, 0.1) is 22.2 Å². The molecular formula is C26H25FN2O3S. The molecule has 1 aliphatic heterocycles. The highest BCUT2D eigenvalue weighted by Crippen LogP contribution is 2.41. The number of amides is 1. The van der Waals surface area contributed by atoms with Crippen LogP contribution in [-0.2, 0) is 4.79 Å². The summed E-state index contributed by atoms with van der Waals surface area (Å²) in [5.74, 6) is -1.95. The second kappa shape index (κ2) is 9.67. The minimum Gasteiger partial charge on any atom is -0.503 e. The van der Waals surface area contributed by atoms with Crippen molar-refractivity contribution in [3.8, 4) is 10.6 Å². The third-order valence-corrected chi connectivity index (χ3v) is 6.97. The number of carbonyl (C=O) groups is 2. The molecule has 0 spiro atoms. The quantitative estimate of drug-likeness (QED) is 0.327. The Labute approximate surface area is 196 Å². The SMILES string of the molecule is CCCCCN1C(=O)C(O)=C(C(=O)c2sc(-c3ccccc3)nc2C)C1c1ccc(F)cc1. The second-order valence-electron chi connectivity index (χ2n) is 8.05. The van der Waals surface area contributed by atoms with Gasteiger partial charge in [0.25, 0.3) is 5.91 Å². The molecule has 2 heterocycles. The molecule has 0 saturated carbocycles. The molecule has 0 bridgehead atoms. The van der Waals surface area contributed by atoms with Crippen molar-refractivity contribution in [2.45, 2.75) is 39.2 Å². The van der Waals surface area contributed by atoms with Gasteiger partial charge in [-0.3, -0.25) is 9.59 Å². The van der Waals surface area contributed by atoms with Crippen LogP contribution < -0.4 is 0 Å². The maximum Gasteiger partial charge on any atom is 0.290 e. The van der Waals surface area contributed by atoms with Crippen molar-refractivity contribution in [1.82, 2.24) is 9.88 Å². The first-order valence-electron chi connectivity index (χ1n) is 11.0. The van der Waals surface area contributed by atoms with Gasteiger partial charge >= 0.3 is 0 Å². The predicted octanol–water partition coefficient (Wildman–Crippen LogP) is 6.03. The minimum atomic E-state index is -0.774. The van der Waals surface area contributed by atoms with Gasteiger partial charge in [0.15, 0.2) is 5.76 Å². The van der Waals surface area contributed by atoms with E-state index in [2.05, 4.69) is 11.9 Å². The van der Waals surface area contributed by atoms with Crippen molar-refractivity contribution in [2.24, 2.45) is 0 Å². The Hall–Kier alpha value is -3.32. The average molecular weight is 465 g/mol. The van der Waals surface area contributed by atoms with Crippen LogP contribution in [0.1, 0.15) is 53.2 Å². The van der Waals surface area contributed by atoms with Gasteiger partial charge in [-0.25, -0.2) is 9.37 Å². The molecule has 3 aromatic rings. The molecule has 1 aliphatic rings.